The Kier molecular flexibility index (Phi) is 7.42. The number of nitrogens with one attached hydrogen (secondary N) is 1. The van der Waals surface area contributed by atoms with Crippen molar-refractivity contribution in [2.24, 2.45) is 0 Å². The van der Waals surface area contributed by atoms with Gasteiger partial charge in [0.1, 0.15) is 17.9 Å². The topological polar surface area (TPSA) is 67.2 Å². The largest absolute Gasteiger partial charge is 0.492 e. The first kappa shape index (κ1) is 22.3. The Morgan fingerprint density at radius 3 is 2.75 bits per heavy atom. The molecule has 0 bridgehead atoms. The highest BCUT2D eigenvalue weighted by Crippen LogP contribution is 2.27. The fourth-order valence-electron chi connectivity index (χ4n) is 3.88. The number of furan rings is 1. The van der Waals surface area contributed by atoms with Gasteiger partial charge in [-0.2, -0.15) is 0 Å². The van der Waals surface area contributed by atoms with Gasteiger partial charge >= 0.3 is 0 Å². The molecule has 1 amide bonds. The highest BCUT2D eigenvalue weighted by molar-refractivity contribution is 5.99. The maximum absolute atomic E-state index is 13.0. The predicted molar refractivity (Wildman–Crippen MR) is 124 cm³/mol. The third-order valence-corrected chi connectivity index (χ3v) is 5.51. The van der Waals surface area contributed by atoms with E-state index in [-0.39, 0.29) is 5.91 Å². The van der Waals surface area contributed by atoms with Crippen LogP contribution in [0, 0.1) is 0 Å². The molecule has 0 saturated carbocycles. The molecular formula is C25H31N3O4. The lowest BCUT2D eigenvalue weighted by atomic mass is 10.1. The second kappa shape index (κ2) is 10.6. The molecule has 32 heavy (non-hydrogen) atoms. The molecule has 1 aromatic heterocycles. The first-order valence-electron chi connectivity index (χ1n) is 11.1. The number of carbonyl (C=O) groups excluding carboxylic acids is 1. The molecule has 7 heteroatoms. The van der Waals surface area contributed by atoms with Crippen LogP contribution in [0.1, 0.15) is 21.7 Å². The molecule has 2 heterocycles. The van der Waals surface area contributed by atoms with Gasteiger partial charge in [0.15, 0.2) is 5.76 Å². The zero-order chi connectivity index (χ0) is 22.3. The Labute approximate surface area is 188 Å². The minimum absolute atomic E-state index is 0.211. The van der Waals surface area contributed by atoms with Gasteiger partial charge in [-0.1, -0.05) is 30.3 Å². The van der Waals surface area contributed by atoms with Gasteiger partial charge in [0, 0.05) is 43.7 Å². The van der Waals surface area contributed by atoms with Gasteiger partial charge in [-0.25, -0.2) is 0 Å². The Balaban J connectivity index is 1.36. The maximum Gasteiger partial charge on any atom is 0.287 e. The van der Waals surface area contributed by atoms with E-state index in [0.29, 0.717) is 25.5 Å². The van der Waals surface area contributed by atoms with Gasteiger partial charge in [0.2, 0.25) is 0 Å². The minimum atomic E-state index is -0.211. The molecule has 1 aliphatic rings. The molecular weight excluding hydrogens is 406 g/mol. The summed E-state index contributed by atoms with van der Waals surface area (Å²) in [6.07, 6.45) is 0. The second-order valence-corrected chi connectivity index (χ2v) is 8.28. The minimum Gasteiger partial charge on any atom is -0.492 e. The van der Waals surface area contributed by atoms with Crippen LogP contribution >= 0.6 is 0 Å². The summed E-state index contributed by atoms with van der Waals surface area (Å²) >= 11 is 0. The highest BCUT2D eigenvalue weighted by Gasteiger charge is 2.20. The molecule has 3 aromatic rings. The second-order valence-electron chi connectivity index (χ2n) is 8.28. The van der Waals surface area contributed by atoms with Gasteiger partial charge in [-0.15, -0.1) is 0 Å². The van der Waals surface area contributed by atoms with Crippen molar-refractivity contribution in [3.05, 3.63) is 65.4 Å². The molecule has 0 unspecified atom stereocenters. The summed E-state index contributed by atoms with van der Waals surface area (Å²) in [5.74, 6) is 0.969. The summed E-state index contributed by atoms with van der Waals surface area (Å²) in [5, 5.41) is 3.97. The van der Waals surface area contributed by atoms with E-state index >= 15 is 0 Å². The van der Waals surface area contributed by atoms with Crippen LogP contribution in [0.2, 0.25) is 0 Å². The normalized spacial score (nSPS) is 14.7. The Bertz CT molecular complexity index is 1040. The van der Waals surface area contributed by atoms with Crippen LogP contribution in [0.25, 0.3) is 11.0 Å². The van der Waals surface area contributed by atoms with Crippen molar-refractivity contribution in [3.63, 3.8) is 0 Å². The number of carbonyl (C=O) groups is 1. The molecule has 7 nitrogen and oxygen atoms in total. The third kappa shape index (κ3) is 5.68. The van der Waals surface area contributed by atoms with Gasteiger partial charge in [0.05, 0.1) is 13.2 Å². The summed E-state index contributed by atoms with van der Waals surface area (Å²) < 4.78 is 17.2. The van der Waals surface area contributed by atoms with E-state index in [0.717, 1.165) is 60.7 Å². The Morgan fingerprint density at radius 2 is 1.94 bits per heavy atom. The molecule has 1 N–H and O–H groups in total. The Morgan fingerprint density at radius 1 is 1.12 bits per heavy atom. The monoisotopic (exact) mass is 437 g/mol. The molecule has 2 aromatic carbocycles. The predicted octanol–water partition coefficient (Wildman–Crippen LogP) is 3.14. The van der Waals surface area contributed by atoms with E-state index in [1.807, 2.05) is 67.5 Å². The molecule has 0 radical (unpaired) electrons. The number of nitrogens with zero attached hydrogens (tertiary/aromatic N) is 2. The van der Waals surface area contributed by atoms with Crippen LogP contribution in [0.4, 0.5) is 0 Å². The molecule has 1 aliphatic heterocycles. The van der Waals surface area contributed by atoms with Crippen LogP contribution in [0.15, 0.2) is 52.9 Å². The summed E-state index contributed by atoms with van der Waals surface area (Å²) in [6, 6.07) is 15.6. The first-order chi connectivity index (χ1) is 15.6. The fourth-order valence-corrected chi connectivity index (χ4v) is 3.88. The summed E-state index contributed by atoms with van der Waals surface area (Å²) in [6.45, 7) is 6.02. The molecule has 4 rings (SSSR count). The number of hydrogen-bond acceptors (Lipinski definition) is 6. The lowest BCUT2D eigenvalue weighted by molar-refractivity contribution is 0.0322. The van der Waals surface area contributed by atoms with Crippen molar-refractivity contribution in [2.45, 2.75) is 13.1 Å². The standard InChI is InChI=1S/C25H31N3O4/c1-27(2)18-22-21-8-3-4-9-23(21)32-24(22)25(29)26-17-19-6-5-7-20(16-19)31-15-12-28-10-13-30-14-11-28/h3-9,16H,10-15,17-18H2,1-2H3,(H,26,29). The first-order valence-corrected chi connectivity index (χ1v) is 11.1. The fraction of sp³-hybridized carbons (Fsp3) is 0.400. The van der Waals surface area contributed by atoms with E-state index in [9.17, 15) is 4.79 Å². The highest BCUT2D eigenvalue weighted by atomic mass is 16.5. The molecule has 1 saturated heterocycles. The summed E-state index contributed by atoms with van der Waals surface area (Å²) in [5.41, 5.74) is 2.61. The average Bonchev–Trinajstić information content (AvgIpc) is 3.16. The van der Waals surface area contributed by atoms with E-state index in [4.69, 9.17) is 13.9 Å². The number of para-hydroxylation sites is 1. The van der Waals surface area contributed by atoms with Gasteiger partial charge in [0.25, 0.3) is 5.91 Å². The van der Waals surface area contributed by atoms with E-state index in [2.05, 4.69) is 10.2 Å². The van der Waals surface area contributed by atoms with Crippen LogP contribution in [0.5, 0.6) is 5.75 Å². The SMILES string of the molecule is CN(C)Cc1c(C(=O)NCc2cccc(OCCN3CCOCC3)c2)oc2ccccc12. The van der Waals surface area contributed by atoms with Gasteiger partial charge in [-0.05, 0) is 37.9 Å². The van der Waals surface area contributed by atoms with Crippen molar-refractivity contribution in [1.29, 1.82) is 0 Å². The molecule has 0 atom stereocenters. The summed E-state index contributed by atoms with van der Waals surface area (Å²) in [7, 11) is 3.96. The van der Waals surface area contributed by atoms with Crippen LogP contribution in [-0.2, 0) is 17.8 Å². The lowest BCUT2D eigenvalue weighted by Gasteiger charge is -2.26. The Hall–Kier alpha value is -2.87. The number of morpholine rings is 1. The van der Waals surface area contributed by atoms with E-state index < -0.39 is 0 Å². The van der Waals surface area contributed by atoms with Crippen LogP contribution < -0.4 is 10.1 Å². The van der Waals surface area contributed by atoms with Gasteiger partial charge in [-0.3, -0.25) is 9.69 Å². The van der Waals surface area contributed by atoms with Crippen LogP contribution in [0.3, 0.4) is 0 Å². The average molecular weight is 438 g/mol. The van der Waals surface area contributed by atoms with Crippen molar-refractivity contribution >= 4 is 16.9 Å². The number of ether oxygens (including phenoxy) is 2. The lowest BCUT2D eigenvalue weighted by Crippen LogP contribution is -2.38. The summed E-state index contributed by atoms with van der Waals surface area (Å²) in [4.78, 5) is 17.3. The molecule has 1 fully saturated rings. The maximum atomic E-state index is 13.0. The molecule has 170 valence electrons. The zero-order valence-electron chi connectivity index (χ0n) is 18.8. The smallest absolute Gasteiger partial charge is 0.287 e. The van der Waals surface area contributed by atoms with Crippen molar-refractivity contribution in [2.75, 3.05) is 53.6 Å². The van der Waals surface area contributed by atoms with Gasteiger partial charge < -0.3 is 24.1 Å². The van der Waals surface area contributed by atoms with Crippen LogP contribution in [-0.4, -0.2) is 69.3 Å². The number of amides is 1. The number of rotatable bonds is 9. The zero-order valence-corrected chi connectivity index (χ0v) is 18.8. The van der Waals surface area contributed by atoms with Crippen molar-refractivity contribution in [1.82, 2.24) is 15.1 Å². The van der Waals surface area contributed by atoms with Crippen molar-refractivity contribution < 1.29 is 18.7 Å². The molecule has 0 spiro atoms. The van der Waals surface area contributed by atoms with E-state index in [1.165, 1.54) is 0 Å². The van der Waals surface area contributed by atoms with Crippen molar-refractivity contribution in [3.8, 4) is 5.75 Å². The molecule has 0 aliphatic carbocycles. The number of hydrogen-bond donors (Lipinski definition) is 1. The third-order valence-electron chi connectivity index (χ3n) is 5.51. The quantitative estimate of drug-likeness (QED) is 0.555. The number of fused-ring (bicyclic) bond motifs is 1. The number of benzene rings is 2. The van der Waals surface area contributed by atoms with E-state index in [1.54, 1.807) is 0 Å².